The first kappa shape index (κ1) is 15.7. The Morgan fingerprint density at radius 1 is 1.35 bits per heavy atom. The average molecular weight is 373 g/mol. The minimum Gasteiger partial charge on any atom is -0.507 e. The van der Waals surface area contributed by atoms with Crippen molar-refractivity contribution >= 4 is 39.4 Å². The van der Waals surface area contributed by atoms with Crippen LogP contribution in [-0.4, -0.2) is 23.3 Å². The number of aromatic hydroxyl groups is 1. The third kappa shape index (κ3) is 3.15. The van der Waals surface area contributed by atoms with Gasteiger partial charge in [-0.05, 0) is 55.3 Å². The van der Waals surface area contributed by atoms with E-state index < -0.39 is 0 Å². The molecule has 4 nitrogen and oxygen atoms in total. The minimum atomic E-state index is 0.0616. The van der Waals surface area contributed by atoms with E-state index in [9.17, 15) is 9.90 Å². The fraction of sp³-hybridized carbons (Fsp3) is 0.222. The van der Waals surface area contributed by atoms with Crippen molar-refractivity contribution in [3.05, 3.63) is 52.0 Å². The predicted octanol–water partition coefficient (Wildman–Crippen LogP) is 4.20. The van der Waals surface area contributed by atoms with Crippen LogP contribution in [0.5, 0.6) is 5.75 Å². The molecule has 0 aromatic heterocycles. The Hall–Kier alpha value is -2.14. The van der Waals surface area contributed by atoms with Gasteiger partial charge >= 0.3 is 0 Å². The van der Waals surface area contributed by atoms with E-state index in [2.05, 4.69) is 20.9 Å². The second-order valence-corrected chi connectivity index (χ2v) is 6.63. The van der Waals surface area contributed by atoms with Crippen LogP contribution in [0.4, 0.5) is 11.4 Å². The third-order valence-corrected chi connectivity index (χ3v) is 4.45. The van der Waals surface area contributed by atoms with E-state index in [1.165, 1.54) is 0 Å². The van der Waals surface area contributed by atoms with E-state index >= 15 is 0 Å². The number of benzene rings is 2. The van der Waals surface area contributed by atoms with Crippen LogP contribution in [0.3, 0.4) is 0 Å². The van der Waals surface area contributed by atoms with E-state index in [0.717, 1.165) is 27.8 Å². The van der Waals surface area contributed by atoms with Gasteiger partial charge in [0.15, 0.2) is 0 Å². The van der Waals surface area contributed by atoms with E-state index in [4.69, 9.17) is 0 Å². The fourth-order valence-corrected chi connectivity index (χ4v) is 3.33. The van der Waals surface area contributed by atoms with Crippen LogP contribution in [-0.2, 0) is 11.2 Å². The lowest BCUT2D eigenvalue weighted by Crippen LogP contribution is -2.33. The quantitative estimate of drug-likeness (QED) is 0.802. The van der Waals surface area contributed by atoms with Gasteiger partial charge in [-0.25, -0.2) is 0 Å². The molecule has 0 fully saturated rings. The molecule has 23 heavy (non-hydrogen) atoms. The molecule has 1 atom stereocenters. The Balaban J connectivity index is 1.89. The van der Waals surface area contributed by atoms with Crippen molar-refractivity contribution in [1.82, 2.24) is 0 Å². The number of hydrogen-bond donors (Lipinski definition) is 1. The molecule has 5 heteroatoms. The summed E-state index contributed by atoms with van der Waals surface area (Å²) in [4.78, 5) is 18.0. The Labute approximate surface area is 143 Å². The van der Waals surface area contributed by atoms with Crippen molar-refractivity contribution in [3.63, 3.8) is 0 Å². The highest BCUT2D eigenvalue weighted by Crippen LogP contribution is 2.35. The monoisotopic (exact) mass is 372 g/mol. The van der Waals surface area contributed by atoms with Gasteiger partial charge in [0.25, 0.3) is 0 Å². The maximum absolute atomic E-state index is 11.7. The number of aliphatic imine (C=N–C) groups is 1. The number of anilines is 1. The Morgan fingerprint density at radius 2 is 2.13 bits per heavy atom. The maximum atomic E-state index is 11.7. The van der Waals surface area contributed by atoms with E-state index in [-0.39, 0.29) is 17.7 Å². The molecular formula is C18H17BrN2O2. The molecule has 0 spiro atoms. The first-order valence-corrected chi connectivity index (χ1v) is 8.20. The molecule has 2 aromatic rings. The summed E-state index contributed by atoms with van der Waals surface area (Å²) in [6.45, 7) is 3.64. The third-order valence-electron chi connectivity index (χ3n) is 3.96. The summed E-state index contributed by atoms with van der Waals surface area (Å²) in [5.41, 5.74) is 3.55. The zero-order valence-electron chi connectivity index (χ0n) is 13.0. The van der Waals surface area contributed by atoms with Gasteiger partial charge in [0, 0.05) is 34.9 Å². The molecule has 1 N–H and O–H groups in total. The zero-order chi connectivity index (χ0) is 16.6. The van der Waals surface area contributed by atoms with Gasteiger partial charge in [-0.2, -0.15) is 0 Å². The Morgan fingerprint density at radius 3 is 2.87 bits per heavy atom. The maximum Gasteiger partial charge on any atom is 0.224 e. The van der Waals surface area contributed by atoms with Crippen LogP contribution in [0.25, 0.3) is 0 Å². The number of rotatable bonds is 2. The van der Waals surface area contributed by atoms with Gasteiger partial charge < -0.3 is 10.0 Å². The number of phenolic OH excluding ortho intramolecular Hbond substituents is 1. The largest absolute Gasteiger partial charge is 0.507 e. The molecule has 1 aliphatic heterocycles. The number of carbonyl (C=O) groups excluding carboxylic acids is 1. The lowest BCUT2D eigenvalue weighted by molar-refractivity contribution is -0.116. The van der Waals surface area contributed by atoms with Gasteiger partial charge in [-0.15, -0.1) is 0 Å². The average Bonchev–Trinajstić information content (AvgIpc) is 2.83. The van der Waals surface area contributed by atoms with Gasteiger partial charge in [0.05, 0.1) is 5.69 Å². The first-order chi connectivity index (χ1) is 11.0. The second-order valence-electron chi connectivity index (χ2n) is 5.72. The highest BCUT2D eigenvalue weighted by molar-refractivity contribution is 9.10. The summed E-state index contributed by atoms with van der Waals surface area (Å²) in [5.74, 6) is 0.251. The number of halogens is 1. The molecule has 1 heterocycles. The molecular weight excluding hydrogens is 356 g/mol. The molecule has 3 rings (SSSR count). The van der Waals surface area contributed by atoms with Crippen LogP contribution in [0.15, 0.2) is 45.9 Å². The highest BCUT2D eigenvalue weighted by Gasteiger charge is 2.28. The number of phenols is 1. The standard InChI is InChI=1S/C18H17BrN2O2/c1-11-7-13-9-16(4-5-17(13)21(11)12(2)22)20-10-14-8-15(19)3-6-18(14)23/h3-6,8-11,23H,7H2,1-2H3. The zero-order valence-corrected chi connectivity index (χ0v) is 14.5. The van der Waals surface area contributed by atoms with Crippen molar-refractivity contribution in [2.45, 2.75) is 26.3 Å². The molecule has 1 aliphatic rings. The van der Waals surface area contributed by atoms with Crippen molar-refractivity contribution in [3.8, 4) is 5.75 Å². The molecule has 1 unspecified atom stereocenters. The molecule has 2 aromatic carbocycles. The number of nitrogens with zero attached hydrogens (tertiary/aromatic N) is 2. The van der Waals surface area contributed by atoms with Gasteiger partial charge in [0.1, 0.15) is 5.75 Å². The van der Waals surface area contributed by atoms with Gasteiger partial charge in [-0.3, -0.25) is 9.79 Å². The normalized spacial score (nSPS) is 16.8. The lowest BCUT2D eigenvalue weighted by Gasteiger charge is -2.20. The Bertz CT molecular complexity index is 802. The summed E-state index contributed by atoms with van der Waals surface area (Å²) >= 11 is 3.38. The van der Waals surface area contributed by atoms with Crippen molar-refractivity contribution < 1.29 is 9.90 Å². The first-order valence-electron chi connectivity index (χ1n) is 7.41. The summed E-state index contributed by atoms with van der Waals surface area (Å²) in [5, 5.41) is 9.84. The molecule has 0 bridgehead atoms. The molecule has 0 saturated carbocycles. The predicted molar refractivity (Wildman–Crippen MR) is 95.8 cm³/mol. The summed E-state index contributed by atoms with van der Waals surface area (Å²) in [7, 11) is 0. The van der Waals surface area contributed by atoms with E-state index in [1.807, 2.05) is 36.1 Å². The number of hydrogen-bond acceptors (Lipinski definition) is 3. The topological polar surface area (TPSA) is 52.9 Å². The fourth-order valence-electron chi connectivity index (χ4n) is 2.95. The summed E-state index contributed by atoms with van der Waals surface area (Å²) in [6.07, 6.45) is 2.48. The van der Waals surface area contributed by atoms with Crippen LogP contribution in [0, 0.1) is 0 Å². The summed E-state index contributed by atoms with van der Waals surface area (Å²) in [6, 6.07) is 11.2. The van der Waals surface area contributed by atoms with Crippen molar-refractivity contribution in [2.75, 3.05) is 4.90 Å². The SMILES string of the molecule is CC(=O)N1c2ccc(N=Cc3cc(Br)ccc3O)cc2CC1C. The molecule has 0 saturated heterocycles. The molecule has 1 amide bonds. The van der Waals surface area contributed by atoms with Crippen molar-refractivity contribution in [1.29, 1.82) is 0 Å². The van der Waals surface area contributed by atoms with Crippen LogP contribution in [0.1, 0.15) is 25.0 Å². The van der Waals surface area contributed by atoms with E-state index in [0.29, 0.717) is 5.56 Å². The number of fused-ring (bicyclic) bond motifs is 1. The van der Waals surface area contributed by atoms with Crippen LogP contribution < -0.4 is 4.90 Å². The highest BCUT2D eigenvalue weighted by atomic mass is 79.9. The minimum absolute atomic E-state index is 0.0616. The van der Waals surface area contributed by atoms with E-state index in [1.54, 1.807) is 25.3 Å². The van der Waals surface area contributed by atoms with Gasteiger partial charge in [0.2, 0.25) is 5.91 Å². The van der Waals surface area contributed by atoms with Crippen LogP contribution >= 0.6 is 15.9 Å². The number of carbonyl (C=O) groups is 1. The smallest absolute Gasteiger partial charge is 0.224 e. The van der Waals surface area contributed by atoms with Crippen LogP contribution in [0.2, 0.25) is 0 Å². The lowest BCUT2D eigenvalue weighted by atomic mass is 10.1. The summed E-state index contributed by atoms with van der Waals surface area (Å²) < 4.78 is 0.886. The van der Waals surface area contributed by atoms with Crippen molar-refractivity contribution in [2.24, 2.45) is 4.99 Å². The molecule has 0 radical (unpaired) electrons. The Kier molecular flexibility index (Phi) is 4.22. The molecule has 0 aliphatic carbocycles. The van der Waals surface area contributed by atoms with Gasteiger partial charge in [-0.1, -0.05) is 15.9 Å². The molecule has 118 valence electrons. The number of amides is 1. The second kappa shape index (κ2) is 6.16.